The molecule has 106 valence electrons. The van der Waals surface area contributed by atoms with Crippen molar-refractivity contribution >= 4 is 0 Å². The molecule has 1 atom stereocenters. The number of nitrogens with one attached hydrogen (secondary N) is 1. The van der Waals surface area contributed by atoms with Gasteiger partial charge in [-0.2, -0.15) is 5.10 Å². The molecular formula is C15H19N3O2. The lowest BCUT2D eigenvalue weighted by Gasteiger charge is -2.14. The largest absolute Gasteiger partial charge is 0.454 e. The van der Waals surface area contributed by atoms with Gasteiger partial charge in [0.2, 0.25) is 6.79 Å². The molecule has 0 spiro atoms. The van der Waals surface area contributed by atoms with Crippen molar-refractivity contribution in [2.45, 2.75) is 33.0 Å². The van der Waals surface area contributed by atoms with E-state index in [4.69, 9.17) is 9.47 Å². The molecule has 5 nitrogen and oxygen atoms in total. The molecule has 3 rings (SSSR count). The Morgan fingerprint density at radius 1 is 1.40 bits per heavy atom. The highest BCUT2D eigenvalue weighted by molar-refractivity contribution is 5.48. The molecule has 0 aliphatic carbocycles. The Morgan fingerprint density at radius 3 is 3.10 bits per heavy atom. The van der Waals surface area contributed by atoms with E-state index >= 15 is 0 Å². The van der Waals surface area contributed by atoms with Gasteiger partial charge in [0.1, 0.15) is 0 Å². The summed E-state index contributed by atoms with van der Waals surface area (Å²) in [5.41, 5.74) is 2.31. The fraction of sp³-hybridized carbons (Fsp3) is 0.400. The molecule has 0 radical (unpaired) electrons. The van der Waals surface area contributed by atoms with Crippen molar-refractivity contribution in [1.82, 2.24) is 15.1 Å². The van der Waals surface area contributed by atoms with Crippen molar-refractivity contribution in [3.05, 3.63) is 41.7 Å². The summed E-state index contributed by atoms with van der Waals surface area (Å²) < 4.78 is 12.8. The van der Waals surface area contributed by atoms with Gasteiger partial charge < -0.3 is 14.8 Å². The van der Waals surface area contributed by atoms with Crippen LogP contribution >= 0.6 is 0 Å². The zero-order valence-electron chi connectivity index (χ0n) is 11.8. The molecular weight excluding hydrogens is 254 g/mol. The fourth-order valence-corrected chi connectivity index (χ4v) is 2.33. The minimum Gasteiger partial charge on any atom is -0.454 e. The van der Waals surface area contributed by atoms with Gasteiger partial charge in [-0.15, -0.1) is 0 Å². The normalized spacial score (nSPS) is 14.5. The third kappa shape index (κ3) is 2.77. The molecule has 0 unspecified atom stereocenters. The lowest BCUT2D eigenvalue weighted by atomic mass is 10.1. The van der Waals surface area contributed by atoms with Gasteiger partial charge in [-0.1, -0.05) is 12.1 Å². The summed E-state index contributed by atoms with van der Waals surface area (Å²) in [5, 5.41) is 7.79. The molecule has 5 heteroatoms. The van der Waals surface area contributed by atoms with Crippen molar-refractivity contribution in [1.29, 1.82) is 0 Å². The molecule has 1 N–H and O–H groups in total. The zero-order valence-corrected chi connectivity index (χ0v) is 11.8. The molecule has 0 saturated heterocycles. The van der Waals surface area contributed by atoms with E-state index in [9.17, 15) is 0 Å². The van der Waals surface area contributed by atoms with Gasteiger partial charge in [-0.05, 0) is 25.5 Å². The second-order valence-corrected chi connectivity index (χ2v) is 5.17. The Labute approximate surface area is 118 Å². The minimum absolute atomic E-state index is 0.314. The monoisotopic (exact) mass is 273 g/mol. The molecule has 0 bridgehead atoms. The third-order valence-corrected chi connectivity index (χ3v) is 3.34. The van der Waals surface area contributed by atoms with Gasteiger partial charge in [0.05, 0.1) is 12.7 Å². The Balaban J connectivity index is 1.58. The molecule has 2 aromatic rings. The van der Waals surface area contributed by atoms with Gasteiger partial charge in [0.25, 0.3) is 0 Å². The van der Waals surface area contributed by atoms with E-state index in [2.05, 4.69) is 29.6 Å². The summed E-state index contributed by atoms with van der Waals surface area (Å²) in [5.74, 6) is 1.70. The average Bonchev–Trinajstić information content (AvgIpc) is 3.05. The molecule has 0 saturated carbocycles. The van der Waals surface area contributed by atoms with E-state index in [1.165, 1.54) is 5.56 Å². The standard InChI is InChI=1S/C15H19N3O2/c1-11-6-17-18(8-11)9-12(2)16-7-13-4-3-5-14-15(13)20-10-19-14/h3-6,8,12,16H,7,9-10H2,1-2H3/t12-/m1/s1. The smallest absolute Gasteiger partial charge is 0.231 e. The lowest BCUT2D eigenvalue weighted by Crippen LogP contribution is -2.30. The first-order chi connectivity index (χ1) is 9.72. The predicted molar refractivity (Wildman–Crippen MR) is 75.8 cm³/mol. The maximum atomic E-state index is 5.50. The second kappa shape index (κ2) is 5.54. The second-order valence-electron chi connectivity index (χ2n) is 5.17. The number of para-hydroxylation sites is 1. The number of hydrogen-bond donors (Lipinski definition) is 1. The van der Waals surface area contributed by atoms with Crippen molar-refractivity contribution in [2.24, 2.45) is 0 Å². The third-order valence-electron chi connectivity index (χ3n) is 3.34. The maximum Gasteiger partial charge on any atom is 0.231 e. The Kier molecular flexibility index (Phi) is 3.60. The van der Waals surface area contributed by atoms with E-state index < -0.39 is 0 Å². The van der Waals surface area contributed by atoms with Gasteiger partial charge in [-0.3, -0.25) is 4.68 Å². The van der Waals surface area contributed by atoms with Crippen LogP contribution in [-0.2, 0) is 13.1 Å². The molecule has 20 heavy (non-hydrogen) atoms. The van der Waals surface area contributed by atoms with Crippen LogP contribution in [0.3, 0.4) is 0 Å². The van der Waals surface area contributed by atoms with E-state index in [-0.39, 0.29) is 0 Å². The molecule has 1 aliphatic rings. The zero-order chi connectivity index (χ0) is 13.9. The highest BCUT2D eigenvalue weighted by atomic mass is 16.7. The van der Waals surface area contributed by atoms with Crippen molar-refractivity contribution in [2.75, 3.05) is 6.79 Å². The number of fused-ring (bicyclic) bond motifs is 1. The number of nitrogens with zero attached hydrogens (tertiary/aromatic N) is 2. The molecule has 1 aromatic carbocycles. The summed E-state index contributed by atoms with van der Waals surface area (Å²) in [7, 11) is 0. The van der Waals surface area contributed by atoms with Gasteiger partial charge >= 0.3 is 0 Å². The van der Waals surface area contributed by atoms with Crippen LogP contribution < -0.4 is 14.8 Å². The summed E-state index contributed by atoms with van der Waals surface area (Å²) in [6.07, 6.45) is 3.93. The van der Waals surface area contributed by atoms with Crippen LogP contribution in [0.5, 0.6) is 11.5 Å². The number of benzene rings is 1. The number of aromatic nitrogens is 2. The molecule has 0 amide bonds. The van der Waals surface area contributed by atoms with Crippen LogP contribution in [0.2, 0.25) is 0 Å². The maximum absolute atomic E-state index is 5.50. The van der Waals surface area contributed by atoms with Crippen LogP contribution in [0, 0.1) is 6.92 Å². The van der Waals surface area contributed by atoms with Crippen LogP contribution in [-0.4, -0.2) is 22.6 Å². The first kappa shape index (κ1) is 13.0. The van der Waals surface area contributed by atoms with Crippen LogP contribution in [0.4, 0.5) is 0 Å². The van der Waals surface area contributed by atoms with Crippen LogP contribution in [0.25, 0.3) is 0 Å². The molecule has 2 heterocycles. The Hall–Kier alpha value is -2.01. The number of hydrogen-bond acceptors (Lipinski definition) is 4. The summed E-state index contributed by atoms with van der Waals surface area (Å²) in [4.78, 5) is 0. The first-order valence-electron chi connectivity index (χ1n) is 6.82. The van der Waals surface area contributed by atoms with E-state index in [0.717, 1.165) is 30.2 Å². The SMILES string of the molecule is Cc1cnn(C[C@@H](C)NCc2cccc3c2OCO3)c1. The topological polar surface area (TPSA) is 48.3 Å². The van der Waals surface area contributed by atoms with E-state index in [1.54, 1.807) is 0 Å². The van der Waals surface area contributed by atoms with Crippen LogP contribution in [0.1, 0.15) is 18.1 Å². The van der Waals surface area contributed by atoms with E-state index in [0.29, 0.717) is 12.8 Å². The average molecular weight is 273 g/mol. The predicted octanol–water partition coefficient (Wildman–Crippen LogP) is 2.10. The highest BCUT2D eigenvalue weighted by Gasteiger charge is 2.17. The summed E-state index contributed by atoms with van der Waals surface area (Å²) in [6.45, 7) is 6.12. The van der Waals surface area contributed by atoms with Crippen molar-refractivity contribution in [3.63, 3.8) is 0 Å². The van der Waals surface area contributed by atoms with Gasteiger partial charge in [0, 0.05) is 24.3 Å². The highest BCUT2D eigenvalue weighted by Crippen LogP contribution is 2.35. The van der Waals surface area contributed by atoms with Gasteiger partial charge in [-0.25, -0.2) is 0 Å². The van der Waals surface area contributed by atoms with E-state index in [1.807, 2.05) is 29.9 Å². The number of rotatable bonds is 5. The fourth-order valence-electron chi connectivity index (χ4n) is 2.33. The quantitative estimate of drug-likeness (QED) is 0.906. The Morgan fingerprint density at radius 2 is 2.30 bits per heavy atom. The molecule has 0 fully saturated rings. The van der Waals surface area contributed by atoms with Crippen molar-refractivity contribution in [3.8, 4) is 11.5 Å². The van der Waals surface area contributed by atoms with Crippen LogP contribution in [0.15, 0.2) is 30.6 Å². The summed E-state index contributed by atoms with van der Waals surface area (Å²) in [6, 6.07) is 6.31. The van der Waals surface area contributed by atoms with Gasteiger partial charge in [0.15, 0.2) is 11.5 Å². The van der Waals surface area contributed by atoms with Crippen molar-refractivity contribution < 1.29 is 9.47 Å². The number of aryl methyl sites for hydroxylation is 1. The molecule has 1 aromatic heterocycles. The lowest BCUT2D eigenvalue weighted by molar-refractivity contribution is 0.173. The first-order valence-corrected chi connectivity index (χ1v) is 6.82. The molecule has 1 aliphatic heterocycles. The Bertz CT molecular complexity index is 595. The number of ether oxygens (including phenoxy) is 2. The summed E-state index contributed by atoms with van der Waals surface area (Å²) >= 11 is 0. The minimum atomic E-state index is 0.314.